The molecule has 4 rings (SSSR count). The van der Waals surface area contributed by atoms with E-state index in [1.807, 2.05) is 72.8 Å². The molecule has 0 aromatic carbocycles. The Labute approximate surface area is 151 Å². The van der Waals surface area contributed by atoms with Gasteiger partial charge in [0.1, 0.15) is 0 Å². The largest absolute Gasteiger partial charge is 0.0843 e. The van der Waals surface area contributed by atoms with E-state index in [1.54, 1.807) is 0 Å². The topological polar surface area (TPSA) is 0 Å². The van der Waals surface area contributed by atoms with Crippen LogP contribution >= 0.6 is 23.2 Å². The summed E-state index contributed by atoms with van der Waals surface area (Å²) < 4.78 is 0. The van der Waals surface area contributed by atoms with Crippen LogP contribution in [0, 0.1) is 11.8 Å². The van der Waals surface area contributed by atoms with E-state index < -0.39 is 0 Å². The molecule has 0 radical (unpaired) electrons. The van der Waals surface area contributed by atoms with Gasteiger partial charge in [0.05, 0.1) is 0 Å². The van der Waals surface area contributed by atoms with Gasteiger partial charge in [0, 0.05) is 21.2 Å². The average molecular weight is 347 g/mol. The first kappa shape index (κ1) is 15.1. The Morgan fingerprint density at radius 3 is 1.04 bits per heavy atom. The highest BCUT2D eigenvalue weighted by molar-refractivity contribution is 6.32. The molecule has 0 N–H and O–H groups in total. The summed E-state index contributed by atoms with van der Waals surface area (Å²) in [5, 5.41) is 1.53. The van der Waals surface area contributed by atoms with Crippen molar-refractivity contribution in [2.45, 2.75) is 0 Å². The molecule has 0 amide bonds. The highest BCUT2D eigenvalue weighted by atomic mass is 35.5. The lowest BCUT2D eigenvalue weighted by Gasteiger charge is -1.85. The van der Waals surface area contributed by atoms with Gasteiger partial charge in [0.2, 0.25) is 0 Å². The van der Waals surface area contributed by atoms with E-state index in [-0.39, 0.29) is 0 Å². The van der Waals surface area contributed by atoms with Crippen LogP contribution in [0.15, 0.2) is 72.8 Å². The third kappa shape index (κ3) is 3.10. The van der Waals surface area contributed by atoms with Crippen molar-refractivity contribution in [2.24, 2.45) is 0 Å². The molecule has 0 saturated heterocycles. The van der Waals surface area contributed by atoms with Gasteiger partial charge in [0.25, 0.3) is 0 Å². The van der Waals surface area contributed by atoms with Crippen LogP contribution in [0.1, 0.15) is 11.1 Å². The molecule has 0 spiro atoms. The van der Waals surface area contributed by atoms with E-state index in [0.717, 1.165) is 43.4 Å². The molecule has 0 saturated carbocycles. The molecule has 0 aromatic rings. The summed E-state index contributed by atoms with van der Waals surface area (Å²) >= 11 is 12.1. The summed E-state index contributed by atoms with van der Waals surface area (Å²) in [4.78, 5) is 0. The Bertz CT molecular complexity index is 887. The lowest BCUT2D eigenvalue weighted by molar-refractivity contribution is 1.72. The molecule has 0 atom stereocenters. The minimum atomic E-state index is 0.764. The SMILES string of the molecule is Clc1cc2ccc(C#Cc3ccc4cc(Cl)cc-4cc3)ccc-2c1. The summed E-state index contributed by atoms with van der Waals surface area (Å²) in [5.74, 6) is 6.45. The van der Waals surface area contributed by atoms with Crippen molar-refractivity contribution >= 4 is 23.2 Å². The highest BCUT2D eigenvalue weighted by Crippen LogP contribution is 2.29. The second-order valence-corrected chi connectivity index (χ2v) is 6.54. The average Bonchev–Trinajstić information content (AvgIpc) is 2.96. The second kappa shape index (κ2) is 6.21. The van der Waals surface area contributed by atoms with Gasteiger partial charge in [-0.15, -0.1) is 0 Å². The lowest BCUT2D eigenvalue weighted by Crippen LogP contribution is -1.69. The van der Waals surface area contributed by atoms with Crippen LogP contribution in [0.3, 0.4) is 0 Å². The molecule has 4 aliphatic rings. The Morgan fingerprint density at radius 2 is 0.750 bits per heavy atom. The van der Waals surface area contributed by atoms with Crippen LogP contribution in [0.2, 0.25) is 10.0 Å². The predicted octanol–water partition coefficient (Wildman–Crippen LogP) is 6.60. The number of halogens is 2. The lowest BCUT2D eigenvalue weighted by atomic mass is 10.2. The molecule has 4 aliphatic carbocycles. The first-order valence-corrected chi connectivity index (χ1v) is 8.34. The number of hydrogen-bond donors (Lipinski definition) is 0. The molecular formula is C22H12Cl2. The summed E-state index contributed by atoms with van der Waals surface area (Å²) in [7, 11) is 0. The smallest absolute Gasteiger partial charge is 0.0418 e. The van der Waals surface area contributed by atoms with E-state index in [0.29, 0.717) is 0 Å². The highest BCUT2D eigenvalue weighted by Gasteiger charge is 2.04. The van der Waals surface area contributed by atoms with Crippen LogP contribution in [0.5, 0.6) is 0 Å². The maximum atomic E-state index is 6.03. The van der Waals surface area contributed by atoms with E-state index in [1.165, 1.54) is 0 Å². The standard InChI is InChI=1S/C22H12Cl2/c23-21-11-17-7-3-15(4-8-18(17)12-21)1-2-16-5-9-19-13-22(24)14-20(19)10-6-16/h3-14H. The molecule has 0 bridgehead atoms. The molecular weight excluding hydrogens is 335 g/mol. The maximum absolute atomic E-state index is 6.03. The van der Waals surface area contributed by atoms with Gasteiger partial charge in [-0.2, -0.15) is 0 Å². The summed E-state index contributed by atoms with van der Waals surface area (Å²) in [6.45, 7) is 0. The van der Waals surface area contributed by atoms with Crippen molar-refractivity contribution in [3.8, 4) is 34.1 Å². The van der Waals surface area contributed by atoms with Gasteiger partial charge in [-0.05, 0) is 70.8 Å². The Morgan fingerprint density at radius 1 is 0.458 bits per heavy atom. The van der Waals surface area contributed by atoms with Crippen molar-refractivity contribution in [1.29, 1.82) is 0 Å². The zero-order valence-electron chi connectivity index (χ0n) is 12.7. The van der Waals surface area contributed by atoms with Crippen molar-refractivity contribution in [1.82, 2.24) is 0 Å². The maximum Gasteiger partial charge on any atom is 0.0418 e. The fourth-order valence-corrected chi connectivity index (χ4v) is 3.20. The van der Waals surface area contributed by atoms with E-state index >= 15 is 0 Å². The molecule has 0 nitrogen and oxygen atoms in total. The molecule has 0 unspecified atom stereocenters. The molecule has 0 heterocycles. The third-order valence-electron chi connectivity index (χ3n) is 3.96. The number of fused-ring (bicyclic) bond motifs is 2. The van der Waals surface area contributed by atoms with E-state index in [9.17, 15) is 0 Å². The van der Waals surface area contributed by atoms with Crippen LogP contribution in [0.25, 0.3) is 22.3 Å². The van der Waals surface area contributed by atoms with Crippen molar-refractivity contribution in [3.63, 3.8) is 0 Å². The molecule has 114 valence electrons. The Balaban J connectivity index is 1.69. The predicted molar refractivity (Wildman–Crippen MR) is 102 cm³/mol. The van der Waals surface area contributed by atoms with Crippen LogP contribution in [-0.2, 0) is 0 Å². The van der Waals surface area contributed by atoms with Crippen LogP contribution in [-0.4, -0.2) is 0 Å². The fraction of sp³-hybridized carbons (Fsp3) is 0. The van der Waals surface area contributed by atoms with Crippen molar-refractivity contribution < 1.29 is 0 Å². The number of hydrogen-bond acceptors (Lipinski definition) is 0. The minimum Gasteiger partial charge on any atom is -0.0843 e. The Hall–Kier alpha value is -2.46. The molecule has 0 aliphatic heterocycles. The van der Waals surface area contributed by atoms with Crippen LogP contribution in [0.4, 0.5) is 0 Å². The molecule has 24 heavy (non-hydrogen) atoms. The normalized spacial score (nSPS) is 10.6. The van der Waals surface area contributed by atoms with E-state index in [2.05, 4.69) is 11.8 Å². The number of rotatable bonds is 0. The third-order valence-corrected chi connectivity index (χ3v) is 4.40. The van der Waals surface area contributed by atoms with Gasteiger partial charge in [0.15, 0.2) is 0 Å². The first-order valence-electron chi connectivity index (χ1n) is 7.58. The van der Waals surface area contributed by atoms with Gasteiger partial charge < -0.3 is 0 Å². The van der Waals surface area contributed by atoms with Gasteiger partial charge in [-0.25, -0.2) is 0 Å². The summed E-state index contributed by atoms with van der Waals surface area (Å²) in [6, 6.07) is 24.1. The Kier molecular flexibility index (Phi) is 3.90. The fourth-order valence-electron chi connectivity index (χ4n) is 2.73. The van der Waals surface area contributed by atoms with E-state index in [4.69, 9.17) is 23.2 Å². The van der Waals surface area contributed by atoms with Crippen molar-refractivity contribution in [3.05, 3.63) is 94.0 Å². The van der Waals surface area contributed by atoms with Gasteiger partial charge in [-0.3, -0.25) is 0 Å². The van der Waals surface area contributed by atoms with Crippen LogP contribution < -0.4 is 0 Å². The van der Waals surface area contributed by atoms with Crippen molar-refractivity contribution in [2.75, 3.05) is 0 Å². The van der Waals surface area contributed by atoms with Gasteiger partial charge in [-0.1, -0.05) is 59.3 Å². The molecule has 2 heteroatoms. The second-order valence-electron chi connectivity index (χ2n) is 5.66. The summed E-state index contributed by atoms with van der Waals surface area (Å²) in [6.07, 6.45) is 0. The monoisotopic (exact) mass is 346 g/mol. The minimum absolute atomic E-state index is 0.764. The zero-order chi connectivity index (χ0) is 16.5. The zero-order valence-corrected chi connectivity index (χ0v) is 14.2. The molecule has 0 fully saturated rings. The first-order chi connectivity index (χ1) is 11.7. The molecule has 0 aromatic heterocycles. The van der Waals surface area contributed by atoms with Gasteiger partial charge >= 0.3 is 0 Å². The quantitative estimate of drug-likeness (QED) is 0.314. The summed E-state index contributed by atoms with van der Waals surface area (Å²) in [5.41, 5.74) is 6.42.